The van der Waals surface area contributed by atoms with Crippen molar-refractivity contribution in [1.29, 1.82) is 0 Å². The molecule has 0 atom stereocenters. The SMILES string of the molecule is COc1ccc(-c2nc3ccc(Cl)cc3n2C(=O)c2ccccc2)cc1. The minimum atomic E-state index is -0.152. The van der Waals surface area contributed by atoms with Crippen molar-refractivity contribution in [1.82, 2.24) is 9.55 Å². The van der Waals surface area contributed by atoms with Crippen LogP contribution in [-0.4, -0.2) is 22.6 Å². The van der Waals surface area contributed by atoms with Crippen LogP contribution in [0.3, 0.4) is 0 Å². The standard InChI is InChI=1S/C21H15ClN2O2/c1-26-17-10-7-14(8-11-17)20-23-18-12-9-16(22)13-19(18)24(20)21(25)15-5-3-2-4-6-15/h2-13H,1H3. The van der Waals surface area contributed by atoms with E-state index in [0.29, 0.717) is 27.4 Å². The van der Waals surface area contributed by atoms with Gasteiger partial charge in [0.15, 0.2) is 0 Å². The minimum Gasteiger partial charge on any atom is -0.497 e. The number of benzene rings is 3. The van der Waals surface area contributed by atoms with Crippen molar-refractivity contribution in [3.8, 4) is 17.1 Å². The van der Waals surface area contributed by atoms with Crippen molar-refractivity contribution in [2.45, 2.75) is 0 Å². The van der Waals surface area contributed by atoms with Crippen LogP contribution in [0.1, 0.15) is 10.4 Å². The zero-order chi connectivity index (χ0) is 18.1. The van der Waals surface area contributed by atoms with Gasteiger partial charge in [0, 0.05) is 16.1 Å². The summed E-state index contributed by atoms with van der Waals surface area (Å²) < 4.78 is 6.82. The third-order valence-electron chi connectivity index (χ3n) is 4.19. The maximum absolute atomic E-state index is 13.2. The quantitative estimate of drug-likeness (QED) is 0.512. The Morgan fingerprint density at radius 3 is 2.42 bits per heavy atom. The minimum absolute atomic E-state index is 0.152. The Morgan fingerprint density at radius 1 is 1.00 bits per heavy atom. The second-order valence-corrected chi connectivity index (χ2v) is 6.24. The zero-order valence-corrected chi connectivity index (χ0v) is 14.8. The van der Waals surface area contributed by atoms with Crippen LogP contribution in [0.15, 0.2) is 72.8 Å². The number of hydrogen-bond acceptors (Lipinski definition) is 3. The second-order valence-electron chi connectivity index (χ2n) is 5.80. The van der Waals surface area contributed by atoms with Crippen LogP contribution in [0.25, 0.3) is 22.4 Å². The van der Waals surface area contributed by atoms with Crippen LogP contribution >= 0.6 is 11.6 Å². The molecular formula is C21H15ClN2O2. The lowest BCUT2D eigenvalue weighted by Crippen LogP contribution is -2.13. The molecule has 0 aliphatic rings. The fraction of sp³-hybridized carbons (Fsp3) is 0.0476. The Labute approximate surface area is 155 Å². The first-order valence-electron chi connectivity index (χ1n) is 8.09. The van der Waals surface area contributed by atoms with Gasteiger partial charge in [-0.15, -0.1) is 0 Å². The Hall–Kier alpha value is -3.11. The van der Waals surface area contributed by atoms with Crippen LogP contribution in [0, 0.1) is 0 Å². The molecule has 1 heterocycles. The summed E-state index contributed by atoms with van der Waals surface area (Å²) in [5.41, 5.74) is 2.80. The molecule has 0 spiro atoms. The van der Waals surface area contributed by atoms with E-state index in [1.807, 2.05) is 48.5 Å². The number of carbonyl (C=O) groups excluding carboxylic acids is 1. The summed E-state index contributed by atoms with van der Waals surface area (Å²) >= 11 is 6.17. The number of rotatable bonds is 3. The van der Waals surface area contributed by atoms with Gasteiger partial charge in [-0.05, 0) is 54.6 Å². The molecule has 0 fully saturated rings. The fourth-order valence-electron chi connectivity index (χ4n) is 2.90. The first kappa shape index (κ1) is 16.4. The maximum Gasteiger partial charge on any atom is 0.264 e. The molecule has 26 heavy (non-hydrogen) atoms. The lowest BCUT2D eigenvalue weighted by atomic mass is 10.1. The molecule has 0 N–H and O–H groups in total. The summed E-state index contributed by atoms with van der Waals surface area (Å²) in [5, 5.41) is 0.556. The van der Waals surface area contributed by atoms with E-state index in [4.69, 9.17) is 16.3 Å². The van der Waals surface area contributed by atoms with E-state index < -0.39 is 0 Å². The highest BCUT2D eigenvalue weighted by atomic mass is 35.5. The average Bonchev–Trinajstić information content (AvgIpc) is 3.06. The van der Waals surface area contributed by atoms with Gasteiger partial charge in [-0.2, -0.15) is 0 Å². The van der Waals surface area contributed by atoms with Gasteiger partial charge in [-0.1, -0.05) is 29.8 Å². The molecule has 0 radical (unpaired) electrons. The molecule has 1 aromatic heterocycles. The third-order valence-corrected chi connectivity index (χ3v) is 4.42. The van der Waals surface area contributed by atoms with Gasteiger partial charge >= 0.3 is 0 Å². The van der Waals surface area contributed by atoms with E-state index in [9.17, 15) is 4.79 Å². The van der Waals surface area contributed by atoms with Crippen LogP contribution in [0.4, 0.5) is 0 Å². The zero-order valence-electron chi connectivity index (χ0n) is 14.0. The Balaban J connectivity index is 1.95. The molecule has 0 aliphatic heterocycles. The summed E-state index contributed by atoms with van der Waals surface area (Å²) in [7, 11) is 1.62. The summed E-state index contributed by atoms with van der Waals surface area (Å²) in [5.74, 6) is 1.16. The second kappa shape index (κ2) is 6.65. The van der Waals surface area contributed by atoms with E-state index in [1.54, 1.807) is 35.9 Å². The monoisotopic (exact) mass is 362 g/mol. The molecule has 4 nitrogen and oxygen atoms in total. The number of hydrogen-bond donors (Lipinski definition) is 0. The number of ether oxygens (including phenoxy) is 1. The number of carbonyl (C=O) groups is 1. The van der Waals surface area contributed by atoms with E-state index >= 15 is 0 Å². The lowest BCUT2D eigenvalue weighted by molar-refractivity contribution is 0.0966. The lowest BCUT2D eigenvalue weighted by Gasteiger charge is -2.09. The van der Waals surface area contributed by atoms with Crippen molar-refractivity contribution in [3.05, 3.63) is 83.4 Å². The van der Waals surface area contributed by atoms with Gasteiger partial charge in [-0.3, -0.25) is 9.36 Å². The molecule has 128 valence electrons. The highest BCUT2D eigenvalue weighted by Gasteiger charge is 2.19. The maximum atomic E-state index is 13.2. The summed E-state index contributed by atoms with van der Waals surface area (Å²) in [6.45, 7) is 0. The molecule has 0 saturated heterocycles. The molecule has 0 aliphatic carbocycles. The van der Waals surface area contributed by atoms with Crippen molar-refractivity contribution in [3.63, 3.8) is 0 Å². The van der Waals surface area contributed by atoms with Gasteiger partial charge in [-0.25, -0.2) is 4.98 Å². The van der Waals surface area contributed by atoms with Crippen molar-refractivity contribution < 1.29 is 9.53 Å². The number of aromatic nitrogens is 2. The highest BCUT2D eigenvalue weighted by Crippen LogP contribution is 2.29. The third kappa shape index (κ3) is 2.85. The Bertz CT molecular complexity index is 1090. The molecule has 5 heteroatoms. The Kier molecular flexibility index (Phi) is 4.19. The van der Waals surface area contributed by atoms with Crippen LogP contribution in [-0.2, 0) is 0 Å². The summed E-state index contributed by atoms with van der Waals surface area (Å²) in [4.78, 5) is 17.9. The predicted molar refractivity (Wildman–Crippen MR) is 103 cm³/mol. The highest BCUT2D eigenvalue weighted by molar-refractivity contribution is 6.31. The first-order chi connectivity index (χ1) is 12.7. The fourth-order valence-corrected chi connectivity index (χ4v) is 3.06. The van der Waals surface area contributed by atoms with Gasteiger partial charge in [0.1, 0.15) is 11.6 Å². The van der Waals surface area contributed by atoms with E-state index in [-0.39, 0.29) is 5.91 Å². The average molecular weight is 363 g/mol. The summed E-state index contributed by atoms with van der Waals surface area (Å²) in [6.07, 6.45) is 0. The van der Waals surface area contributed by atoms with E-state index in [0.717, 1.165) is 11.3 Å². The molecule has 0 bridgehead atoms. The van der Waals surface area contributed by atoms with Gasteiger partial charge in [0.2, 0.25) is 0 Å². The number of methoxy groups -OCH3 is 1. The van der Waals surface area contributed by atoms with Crippen LogP contribution < -0.4 is 4.74 Å². The number of fused-ring (bicyclic) bond motifs is 1. The first-order valence-corrected chi connectivity index (χ1v) is 8.47. The largest absolute Gasteiger partial charge is 0.497 e. The van der Waals surface area contributed by atoms with Crippen molar-refractivity contribution in [2.24, 2.45) is 0 Å². The molecule has 0 unspecified atom stereocenters. The molecule has 3 aromatic carbocycles. The Morgan fingerprint density at radius 2 is 1.73 bits per heavy atom. The predicted octanol–water partition coefficient (Wildman–Crippen LogP) is 5.05. The van der Waals surface area contributed by atoms with Crippen molar-refractivity contribution >= 4 is 28.5 Å². The molecule has 4 rings (SSSR count). The van der Waals surface area contributed by atoms with E-state index in [1.165, 1.54) is 0 Å². The van der Waals surface area contributed by atoms with Crippen LogP contribution in [0.5, 0.6) is 5.75 Å². The van der Waals surface area contributed by atoms with Gasteiger partial charge in [0.05, 0.1) is 18.1 Å². The number of nitrogens with zero attached hydrogens (tertiary/aromatic N) is 2. The van der Waals surface area contributed by atoms with Crippen LogP contribution in [0.2, 0.25) is 5.02 Å². The number of halogens is 1. The van der Waals surface area contributed by atoms with Gasteiger partial charge in [0.25, 0.3) is 5.91 Å². The van der Waals surface area contributed by atoms with Crippen molar-refractivity contribution in [2.75, 3.05) is 7.11 Å². The molecule has 0 saturated carbocycles. The van der Waals surface area contributed by atoms with Gasteiger partial charge < -0.3 is 4.74 Å². The molecule has 0 amide bonds. The van der Waals surface area contributed by atoms with E-state index in [2.05, 4.69) is 4.98 Å². The molecular weight excluding hydrogens is 348 g/mol. The smallest absolute Gasteiger partial charge is 0.264 e. The number of imidazole rings is 1. The topological polar surface area (TPSA) is 44.1 Å². The normalized spacial score (nSPS) is 10.8. The molecule has 4 aromatic rings. The summed E-state index contributed by atoms with van der Waals surface area (Å²) in [6, 6.07) is 21.9.